The molecule has 0 aromatic heterocycles. The highest BCUT2D eigenvalue weighted by Gasteiger charge is 2.61. The Labute approximate surface area is 88.0 Å². The summed E-state index contributed by atoms with van der Waals surface area (Å²) in [6.07, 6.45) is 5.42. The molecule has 1 aliphatic carbocycles. The highest BCUT2D eigenvalue weighted by Crippen LogP contribution is 2.44. The molecule has 1 N–H and O–H groups in total. The molecule has 2 spiro atoms. The maximum Gasteiger partial charge on any atom is 0.371 e. The van der Waals surface area contributed by atoms with E-state index in [1.807, 2.05) is 0 Å². The first-order chi connectivity index (χ1) is 7.25. The SMILES string of the molecule is O=C1OC2(CCCCC2)OC12CCNO2. The van der Waals surface area contributed by atoms with E-state index in [1.54, 1.807) is 0 Å². The first-order valence-corrected chi connectivity index (χ1v) is 5.59. The van der Waals surface area contributed by atoms with E-state index in [0.29, 0.717) is 13.0 Å². The number of hydrogen-bond donors (Lipinski definition) is 1. The van der Waals surface area contributed by atoms with Crippen LogP contribution < -0.4 is 5.48 Å². The summed E-state index contributed by atoms with van der Waals surface area (Å²) in [6, 6.07) is 0. The molecule has 0 aromatic rings. The molecule has 0 bridgehead atoms. The third-order valence-corrected chi connectivity index (χ3v) is 3.35. The number of esters is 1. The van der Waals surface area contributed by atoms with Gasteiger partial charge in [0.15, 0.2) is 0 Å². The summed E-state index contributed by atoms with van der Waals surface area (Å²) in [5.41, 5.74) is 2.68. The average molecular weight is 213 g/mol. The molecule has 3 rings (SSSR count). The van der Waals surface area contributed by atoms with Crippen molar-refractivity contribution in [2.24, 2.45) is 0 Å². The molecule has 1 atom stereocenters. The van der Waals surface area contributed by atoms with Gasteiger partial charge in [-0.05, 0) is 12.8 Å². The molecular formula is C10H15NO4. The van der Waals surface area contributed by atoms with Gasteiger partial charge in [-0.15, -0.1) is 0 Å². The second-order valence-electron chi connectivity index (χ2n) is 4.46. The number of nitrogens with one attached hydrogen (secondary N) is 1. The summed E-state index contributed by atoms with van der Waals surface area (Å²) >= 11 is 0. The van der Waals surface area contributed by atoms with E-state index >= 15 is 0 Å². The molecule has 0 amide bonds. The van der Waals surface area contributed by atoms with Gasteiger partial charge in [0.1, 0.15) is 0 Å². The molecule has 2 saturated heterocycles. The number of ether oxygens (including phenoxy) is 2. The van der Waals surface area contributed by atoms with Crippen LogP contribution in [0.5, 0.6) is 0 Å². The molecule has 3 fully saturated rings. The van der Waals surface area contributed by atoms with Gasteiger partial charge in [-0.2, -0.15) is 5.48 Å². The Morgan fingerprint density at radius 3 is 2.60 bits per heavy atom. The Morgan fingerprint density at radius 1 is 1.13 bits per heavy atom. The Kier molecular flexibility index (Phi) is 2.02. The van der Waals surface area contributed by atoms with Crippen molar-refractivity contribution >= 4 is 5.97 Å². The lowest BCUT2D eigenvalue weighted by Crippen LogP contribution is -2.39. The van der Waals surface area contributed by atoms with E-state index in [4.69, 9.17) is 14.3 Å². The topological polar surface area (TPSA) is 56.8 Å². The largest absolute Gasteiger partial charge is 0.429 e. The fraction of sp³-hybridized carbons (Fsp3) is 0.900. The minimum absolute atomic E-state index is 0.366. The lowest BCUT2D eigenvalue weighted by molar-refractivity contribution is -0.270. The lowest BCUT2D eigenvalue weighted by Gasteiger charge is -2.31. The normalized spacial score (nSPS) is 38.8. The van der Waals surface area contributed by atoms with Crippen molar-refractivity contribution in [1.82, 2.24) is 5.48 Å². The van der Waals surface area contributed by atoms with Crippen LogP contribution in [0.1, 0.15) is 38.5 Å². The second-order valence-corrected chi connectivity index (χ2v) is 4.46. The Morgan fingerprint density at radius 2 is 1.93 bits per heavy atom. The van der Waals surface area contributed by atoms with Crippen LogP contribution in [0.3, 0.4) is 0 Å². The van der Waals surface area contributed by atoms with Gasteiger partial charge in [-0.25, -0.2) is 4.79 Å². The highest BCUT2D eigenvalue weighted by atomic mass is 16.9. The second kappa shape index (κ2) is 3.17. The van der Waals surface area contributed by atoms with Crippen LogP contribution in [0.2, 0.25) is 0 Å². The van der Waals surface area contributed by atoms with Gasteiger partial charge in [0.2, 0.25) is 5.79 Å². The van der Waals surface area contributed by atoms with Crippen molar-refractivity contribution in [1.29, 1.82) is 0 Å². The smallest absolute Gasteiger partial charge is 0.371 e. The zero-order chi connectivity index (χ0) is 10.4. The third kappa shape index (κ3) is 1.38. The summed E-state index contributed by atoms with van der Waals surface area (Å²) in [4.78, 5) is 17.0. The number of hydrogen-bond acceptors (Lipinski definition) is 5. The first kappa shape index (κ1) is 9.57. The van der Waals surface area contributed by atoms with Gasteiger partial charge in [-0.1, -0.05) is 6.42 Å². The van der Waals surface area contributed by atoms with Crippen LogP contribution in [0.15, 0.2) is 0 Å². The number of carbonyl (C=O) groups excluding carboxylic acids is 1. The van der Waals surface area contributed by atoms with E-state index in [-0.39, 0.29) is 5.97 Å². The van der Waals surface area contributed by atoms with Crippen molar-refractivity contribution in [3.05, 3.63) is 0 Å². The van der Waals surface area contributed by atoms with Crippen LogP contribution in [0.25, 0.3) is 0 Å². The molecule has 0 radical (unpaired) electrons. The number of carbonyl (C=O) groups is 1. The zero-order valence-corrected chi connectivity index (χ0v) is 8.58. The van der Waals surface area contributed by atoms with E-state index < -0.39 is 11.6 Å². The molecule has 15 heavy (non-hydrogen) atoms. The molecule has 2 aliphatic heterocycles. The summed E-state index contributed by atoms with van der Waals surface area (Å²) in [7, 11) is 0. The first-order valence-electron chi connectivity index (χ1n) is 5.59. The number of rotatable bonds is 0. The van der Waals surface area contributed by atoms with E-state index in [2.05, 4.69) is 5.48 Å². The predicted octanol–water partition coefficient (Wildman–Crippen LogP) is 0.841. The molecule has 84 valence electrons. The van der Waals surface area contributed by atoms with Gasteiger partial charge in [0, 0.05) is 25.8 Å². The van der Waals surface area contributed by atoms with Crippen LogP contribution in [-0.2, 0) is 19.1 Å². The summed E-state index contributed by atoms with van der Waals surface area (Å²) in [5, 5.41) is 0. The van der Waals surface area contributed by atoms with Crippen molar-refractivity contribution in [2.45, 2.75) is 50.1 Å². The minimum Gasteiger partial charge on any atom is -0.429 e. The van der Waals surface area contributed by atoms with Crippen molar-refractivity contribution in [2.75, 3.05) is 6.54 Å². The maximum absolute atomic E-state index is 11.8. The highest BCUT2D eigenvalue weighted by molar-refractivity contribution is 5.80. The standard InChI is InChI=1S/C10H15NO4/c12-8-10(6-7-11-15-10)14-9(13-8)4-2-1-3-5-9/h11H,1-7H2. The molecule has 5 nitrogen and oxygen atoms in total. The minimum atomic E-state index is -1.16. The van der Waals surface area contributed by atoms with Gasteiger partial charge >= 0.3 is 5.97 Å². The van der Waals surface area contributed by atoms with E-state index in [9.17, 15) is 4.79 Å². The lowest BCUT2D eigenvalue weighted by atomic mass is 9.94. The van der Waals surface area contributed by atoms with Crippen LogP contribution >= 0.6 is 0 Å². The van der Waals surface area contributed by atoms with Gasteiger partial charge in [-0.3, -0.25) is 9.57 Å². The molecular weight excluding hydrogens is 198 g/mol. The summed E-state index contributed by atoms with van der Waals surface area (Å²) < 4.78 is 11.2. The zero-order valence-electron chi connectivity index (χ0n) is 8.58. The van der Waals surface area contributed by atoms with Crippen molar-refractivity contribution in [3.63, 3.8) is 0 Å². The maximum atomic E-state index is 11.8. The van der Waals surface area contributed by atoms with Crippen LogP contribution in [-0.4, -0.2) is 24.1 Å². The van der Waals surface area contributed by atoms with Crippen molar-refractivity contribution < 1.29 is 19.1 Å². The summed E-state index contributed by atoms with van der Waals surface area (Å²) in [5.74, 6) is -2.21. The van der Waals surface area contributed by atoms with E-state index in [0.717, 1.165) is 25.7 Å². The quantitative estimate of drug-likeness (QED) is 0.604. The predicted molar refractivity (Wildman–Crippen MR) is 49.4 cm³/mol. The molecule has 3 aliphatic rings. The number of hydroxylamine groups is 1. The molecule has 5 heteroatoms. The summed E-state index contributed by atoms with van der Waals surface area (Å²) in [6.45, 7) is 0.630. The fourth-order valence-corrected chi connectivity index (χ4v) is 2.55. The molecule has 1 unspecified atom stereocenters. The Balaban J connectivity index is 1.82. The average Bonchev–Trinajstić information content (AvgIpc) is 2.77. The van der Waals surface area contributed by atoms with Gasteiger partial charge in [0.05, 0.1) is 0 Å². The van der Waals surface area contributed by atoms with Crippen LogP contribution in [0, 0.1) is 0 Å². The Bertz CT molecular complexity index is 279. The third-order valence-electron chi connectivity index (χ3n) is 3.35. The van der Waals surface area contributed by atoms with Gasteiger partial charge < -0.3 is 4.74 Å². The monoisotopic (exact) mass is 213 g/mol. The molecule has 0 aromatic carbocycles. The molecule has 1 saturated carbocycles. The molecule has 2 heterocycles. The Hall–Kier alpha value is -0.650. The van der Waals surface area contributed by atoms with Gasteiger partial charge in [0.25, 0.3) is 5.79 Å². The van der Waals surface area contributed by atoms with Crippen molar-refractivity contribution in [3.8, 4) is 0 Å². The van der Waals surface area contributed by atoms with E-state index in [1.165, 1.54) is 6.42 Å². The van der Waals surface area contributed by atoms with Crippen LogP contribution in [0.4, 0.5) is 0 Å². The fourth-order valence-electron chi connectivity index (χ4n) is 2.55.